The second kappa shape index (κ2) is 4.99. The number of rotatable bonds is 3. The summed E-state index contributed by atoms with van der Waals surface area (Å²) in [6, 6.07) is 10.3. The molecule has 2 atom stereocenters. The molecule has 0 aliphatic carbocycles. The Morgan fingerprint density at radius 2 is 2.12 bits per heavy atom. The molecular weight excluding hydrogens is 204 g/mol. The summed E-state index contributed by atoms with van der Waals surface area (Å²) in [5.41, 5.74) is 6.26. The lowest BCUT2D eigenvalue weighted by Gasteiger charge is -2.18. The summed E-state index contributed by atoms with van der Waals surface area (Å²) >= 11 is 0. The van der Waals surface area contributed by atoms with E-state index in [1.54, 1.807) is 0 Å². The highest BCUT2D eigenvalue weighted by molar-refractivity contribution is 5.64. The molecule has 86 valence electrons. The highest BCUT2D eigenvalue weighted by Gasteiger charge is 2.28. The predicted octanol–water partition coefficient (Wildman–Crippen LogP) is 1.08. The van der Waals surface area contributed by atoms with E-state index in [1.165, 1.54) is 5.56 Å². The van der Waals surface area contributed by atoms with Crippen LogP contribution in [0.3, 0.4) is 0 Å². The number of amides is 1. The van der Waals surface area contributed by atoms with Crippen molar-refractivity contribution in [1.82, 2.24) is 5.32 Å². The van der Waals surface area contributed by atoms with E-state index in [0.717, 1.165) is 13.1 Å². The molecule has 1 saturated heterocycles. The molecule has 2 unspecified atom stereocenters. The Balaban J connectivity index is 2.01. The van der Waals surface area contributed by atoms with Crippen LogP contribution in [0.5, 0.6) is 0 Å². The van der Waals surface area contributed by atoms with Gasteiger partial charge in [0.25, 0.3) is 0 Å². The van der Waals surface area contributed by atoms with Crippen molar-refractivity contribution in [2.45, 2.75) is 5.92 Å². The number of nitrogens with two attached hydrogens (primary N) is 1. The van der Waals surface area contributed by atoms with Crippen LogP contribution in [0.2, 0.25) is 0 Å². The summed E-state index contributed by atoms with van der Waals surface area (Å²) in [5.74, 6) is 0.718. The first-order valence-electron chi connectivity index (χ1n) is 5.45. The van der Waals surface area contributed by atoms with Crippen molar-refractivity contribution in [2.75, 3.05) is 19.7 Å². The maximum absolute atomic E-state index is 10.6. The summed E-state index contributed by atoms with van der Waals surface area (Å²) < 4.78 is 4.88. The van der Waals surface area contributed by atoms with Gasteiger partial charge in [0.1, 0.15) is 0 Å². The fourth-order valence-electron chi connectivity index (χ4n) is 2.19. The Hall–Kier alpha value is -1.55. The molecular formula is C12H16N2O2. The topological polar surface area (TPSA) is 64.4 Å². The average molecular weight is 220 g/mol. The number of benzene rings is 1. The number of ether oxygens (including phenoxy) is 1. The first-order chi connectivity index (χ1) is 7.77. The van der Waals surface area contributed by atoms with Crippen molar-refractivity contribution >= 4 is 6.09 Å². The Labute approximate surface area is 94.8 Å². The molecule has 1 aliphatic rings. The van der Waals surface area contributed by atoms with Gasteiger partial charge in [-0.3, -0.25) is 0 Å². The maximum atomic E-state index is 10.6. The quantitative estimate of drug-likeness (QED) is 0.801. The van der Waals surface area contributed by atoms with Crippen LogP contribution in [0.25, 0.3) is 0 Å². The molecule has 3 N–H and O–H groups in total. The first-order valence-corrected chi connectivity index (χ1v) is 5.45. The standard InChI is InChI=1S/C12H16N2O2/c13-12(15)16-8-10-6-14-7-11(10)9-4-2-1-3-5-9/h1-5,10-11,14H,6-8H2,(H2,13,15). The molecule has 1 fully saturated rings. The maximum Gasteiger partial charge on any atom is 0.404 e. The van der Waals surface area contributed by atoms with Gasteiger partial charge in [-0.25, -0.2) is 4.79 Å². The van der Waals surface area contributed by atoms with E-state index < -0.39 is 6.09 Å². The summed E-state index contributed by atoms with van der Waals surface area (Å²) in [6.07, 6.45) is -0.696. The van der Waals surface area contributed by atoms with Gasteiger partial charge in [0.05, 0.1) is 6.61 Å². The lowest BCUT2D eigenvalue weighted by atomic mass is 9.89. The summed E-state index contributed by atoms with van der Waals surface area (Å²) in [5, 5.41) is 3.31. The van der Waals surface area contributed by atoms with Crippen molar-refractivity contribution in [3.8, 4) is 0 Å². The Morgan fingerprint density at radius 3 is 2.81 bits per heavy atom. The zero-order chi connectivity index (χ0) is 11.4. The SMILES string of the molecule is NC(=O)OCC1CNCC1c1ccccc1. The fourth-order valence-corrected chi connectivity index (χ4v) is 2.19. The van der Waals surface area contributed by atoms with Gasteiger partial charge in [0, 0.05) is 24.9 Å². The minimum atomic E-state index is -0.696. The van der Waals surface area contributed by atoms with E-state index in [-0.39, 0.29) is 0 Å². The van der Waals surface area contributed by atoms with Crippen LogP contribution in [0.15, 0.2) is 30.3 Å². The normalized spacial score (nSPS) is 24.2. The minimum Gasteiger partial charge on any atom is -0.449 e. The van der Waals surface area contributed by atoms with E-state index in [4.69, 9.17) is 10.5 Å². The van der Waals surface area contributed by atoms with Crippen molar-refractivity contribution in [2.24, 2.45) is 11.7 Å². The smallest absolute Gasteiger partial charge is 0.404 e. The van der Waals surface area contributed by atoms with Crippen molar-refractivity contribution in [1.29, 1.82) is 0 Å². The fraction of sp³-hybridized carbons (Fsp3) is 0.417. The number of nitrogens with one attached hydrogen (secondary N) is 1. The van der Waals surface area contributed by atoms with Gasteiger partial charge in [-0.2, -0.15) is 0 Å². The first kappa shape index (κ1) is 11.0. The van der Waals surface area contributed by atoms with Gasteiger partial charge in [-0.05, 0) is 5.56 Å². The van der Waals surface area contributed by atoms with E-state index >= 15 is 0 Å². The number of primary amides is 1. The van der Waals surface area contributed by atoms with Crippen LogP contribution in [0, 0.1) is 5.92 Å². The van der Waals surface area contributed by atoms with Crippen LogP contribution < -0.4 is 11.1 Å². The number of hydrogen-bond donors (Lipinski definition) is 2. The molecule has 16 heavy (non-hydrogen) atoms. The zero-order valence-corrected chi connectivity index (χ0v) is 9.06. The highest BCUT2D eigenvalue weighted by atomic mass is 16.5. The van der Waals surface area contributed by atoms with Crippen LogP contribution in [-0.2, 0) is 4.74 Å². The molecule has 2 rings (SSSR count). The molecule has 4 nitrogen and oxygen atoms in total. The molecule has 0 spiro atoms. The molecule has 0 aromatic heterocycles. The van der Waals surface area contributed by atoms with E-state index in [2.05, 4.69) is 17.4 Å². The third-order valence-electron chi connectivity index (χ3n) is 3.01. The molecule has 1 amide bonds. The summed E-state index contributed by atoms with van der Waals surface area (Å²) in [7, 11) is 0. The van der Waals surface area contributed by atoms with Gasteiger partial charge in [-0.1, -0.05) is 30.3 Å². The van der Waals surface area contributed by atoms with Crippen LogP contribution in [0.1, 0.15) is 11.5 Å². The molecule has 0 radical (unpaired) electrons. The van der Waals surface area contributed by atoms with Crippen LogP contribution >= 0.6 is 0 Å². The predicted molar refractivity (Wildman–Crippen MR) is 61.1 cm³/mol. The van der Waals surface area contributed by atoms with Crippen molar-refractivity contribution < 1.29 is 9.53 Å². The molecule has 1 aliphatic heterocycles. The van der Waals surface area contributed by atoms with Crippen LogP contribution in [0.4, 0.5) is 4.79 Å². The zero-order valence-electron chi connectivity index (χ0n) is 9.06. The number of carbonyl (C=O) groups excluding carboxylic acids is 1. The van der Waals surface area contributed by atoms with E-state index in [0.29, 0.717) is 18.4 Å². The largest absolute Gasteiger partial charge is 0.449 e. The Bertz CT molecular complexity index is 353. The van der Waals surface area contributed by atoms with Gasteiger partial charge >= 0.3 is 6.09 Å². The van der Waals surface area contributed by atoms with Crippen molar-refractivity contribution in [3.05, 3.63) is 35.9 Å². The Morgan fingerprint density at radius 1 is 1.38 bits per heavy atom. The second-order valence-electron chi connectivity index (χ2n) is 4.07. The van der Waals surface area contributed by atoms with Crippen molar-refractivity contribution in [3.63, 3.8) is 0 Å². The number of carbonyl (C=O) groups is 1. The molecule has 0 bridgehead atoms. The third kappa shape index (κ3) is 2.52. The van der Waals surface area contributed by atoms with Crippen LogP contribution in [-0.4, -0.2) is 25.8 Å². The molecule has 0 saturated carbocycles. The second-order valence-corrected chi connectivity index (χ2v) is 4.07. The number of hydrogen-bond acceptors (Lipinski definition) is 3. The molecule has 1 aromatic rings. The summed E-state index contributed by atoms with van der Waals surface area (Å²) in [6.45, 7) is 2.19. The van der Waals surface area contributed by atoms with Gasteiger partial charge < -0.3 is 15.8 Å². The van der Waals surface area contributed by atoms with E-state index in [1.807, 2.05) is 18.2 Å². The van der Waals surface area contributed by atoms with Gasteiger partial charge in [-0.15, -0.1) is 0 Å². The lowest BCUT2D eigenvalue weighted by molar-refractivity contribution is 0.136. The highest BCUT2D eigenvalue weighted by Crippen LogP contribution is 2.27. The average Bonchev–Trinajstić information content (AvgIpc) is 2.75. The third-order valence-corrected chi connectivity index (χ3v) is 3.01. The van der Waals surface area contributed by atoms with E-state index in [9.17, 15) is 4.79 Å². The summed E-state index contributed by atoms with van der Waals surface area (Å²) in [4.78, 5) is 10.6. The molecule has 1 aromatic carbocycles. The van der Waals surface area contributed by atoms with Gasteiger partial charge in [0.2, 0.25) is 0 Å². The molecule has 4 heteroatoms. The lowest BCUT2D eigenvalue weighted by Crippen LogP contribution is -2.22. The minimum absolute atomic E-state index is 0.315. The molecule has 1 heterocycles. The van der Waals surface area contributed by atoms with Gasteiger partial charge in [0.15, 0.2) is 0 Å². The monoisotopic (exact) mass is 220 g/mol. The Kier molecular flexibility index (Phi) is 3.41.